The number of nitrogens with two attached hydrogens (primary N) is 1. The number of carbonyl (C=O) groups is 1. The Morgan fingerprint density at radius 2 is 1.86 bits per heavy atom. The van der Waals surface area contributed by atoms with Crippen LogP contribution >= 0.6 is 0 Å². The van der Waals surface area contributed by atoms with Crippen molar-refractivity contribution in [1.82, 2.24) is 0 Å². The average Bonchev–Trinajstić information content (AvgIpc) is 3.10. The minimum atomic E-state index is -0.696. The van der Waals surface area contributed by atoms with Gasteiger partial charge in [-0.25, -0.2) is 4.79 Å². The van der Waals surface area contributed by atoms with Crippen LogP contribution in [0, 0.1) is 34.5 Å². The highest BCUT2D eigenvalue weighted by Gasteiger charge is 2.67. The Labute approximate surface area is 209 Å². The summed E-state index contributed by atoms with van der Waals surface area (Å²) in [5.41, 5.74) is 6.02. The van der Waals surface area contributed by atoms with Crippen LogP contribution in [0.15, 0.2) is 27.6 Å². The highest BCUT2D eigenvalue weighted by molar-refractivity contribution is 5.75. The van der Waals surface area contributed by atoms with Crippen molar-refractivity contribution in [3.8, 4) is 0 Å². The molecule has 0 saturated heterocycles. The molecule has 35 heavy (non-hydrogen) atoms. The molecule has 0 aromatic carbocycles. The second-order valence-corrected chi connectivity index (χ2v) is 13.0. The van der Waals surface area contributed by atoms with Gasteiger partial charge >= 0.3 is 11.6 Å². The molecular weight excluding hydrogens is 442 g/mol. The van der Waals surface area contributed by atoms with E-state index in [1.165, 1.54) is 6.07 Å². The fourth-order valence-corrected chi connectivity index (χ4v) is 8.91. The van der Waals surface area contributed by atoms with E-state index in [0.29, 0.717) is 11.8 Å². The predicted octanol–water partition coefficient (Wildman–Crippen LogP) is 4.78. The van der Waals surface area contributed by atoms with E-state index < -0.39 is 11.6 Å². The summed E-state index contributed by atoms with van der Waals surface area (Å²) in [6.45, 7) is 8.62. The lowest BCUT2D eigenvalue weighted by molar-refractivity contribution is -0.207. The third kappa shape index (κ3) is 3.81. The van der Waals surface area contributed by atoms with Crippen LogP contribution in [0.1, 0.15) is 97.0 Å². The molecule has 4 saturated carbocycles. The molecule has 6 nitrogen and oxygen atoms in total. The van der Waals surface area contributed by atoms with Crippen molar-refractivity contribution in [2.75, 3.05) is 0 Å². The molecule has 1 heterocycles. The second kappa shape index (κ2) is 8.72. The zero-order valence-corrected chi connectivity index (χ0v) is 21.8. The smallest absolute Gasteiger partial charge is 0.335 e. The van der Waals surface area contributed by atoms with E-state index in [0.717, 1.165) is 63.4 Å². The first-order valence-electron chi connectivity index (χ1n) is 13.8. The largest absolute Gasteiger partial charge is 0.461 e. The van der Waals surface area contributed by atoms with Crippen molar-refractivity contribution in [3.63, 3.8) is 0 Å². The highest BCUT2D eigenvalue weighted by atomic mass is 16.5. The van der Waals surface area contributed by atoms with Crippen LogP contribution in [0.3, 0.4) is 0 Å². The number of carbonyl (C=O) groups excluding carboxylic acids is 1. The van der Waals surface area contributed by atoms with E-state index in [-0.39, 0.29) is 46.3 Å². The van der Waals surface area contributed by atoms with Crippen LogP contribution in [0.4, 0.5) is 0 Å². The van der Waals surface area contributed by atoms with Gasteiger partial charge < -0.3 is 20.0 Å². The second-order valence-electron chi connectivity index (χ2n) is 13.0. The summed E-state index contributed by atoms with van der Waals surface area (Å²) in [5, 5.41) is 12.4. The van der Waals surface area contributed by atoms with Crippen molar-refractivity contribution in [1.29, 1.82) is 0 Å². The molecule has 0 amide bonds. The molecule has 5 rings (SSSR count). The van der Waals surface area contributed by atoms with Gasteiger partial charge in [0.15, 0.2) is 0 Å². The molecule has 9 atom stereocenters. The van der Waals surface area contributed by atoms with Gasteiger partial charge in [-0.2, -0.15) is 0 Å². The van der Waals surface area contributed by atoms with Gasteiger partial charge in [0.25, 0.3) is 0 Å². The molecule has 1 unspecified atom stereocenters. The van der Waals surface area contributed by atoms with Gasteiger partial charge in [-0.15, -0.1) is 0 Å². The molecular formula is C29H43NO5. The number of esters is 1. The molecule has 4 aliphatic rings. The van der Waals surface area contributed by atoms with Crippen molar-refractivity contribution >= 4 is 5.97 Å². The van der Waals surface area contributed by atoms with E-state index in [1.54, 1.807) is 6.26 Å². The van der Waals surface area contributed by atoms with Gasteiger partial charge in [-0.1, -0.05) is 27.7 Å². The Bertz CT molecular complexity index is 1000. The third-order valence-electron chi connectivity index (χ3n) is 11.2. The maximum Gasteiger partial charge on any atom is 0.335 e. The molecule has 1 aromatic heterocycles. The Morgan fingerprint density at radius 1 is 1.09 bits per heavy atom. The van der Waals surface area contributed by atoms with Gasteiger partial charge in [0.05, 0.1) is 11.9 Å². The highest BCUT2D eigenvalue weighted by Crippen LogP contribution is 2.70. The lowest BCUT2D eigenvalue weighted by atomic mass is 9.43. The zero-order chi connectivity index (χ0) is 25.2. The van der Waals surface area contributed by atoms with Crippen molar-refractivity contribution < 1.29 is 19.1 Å². The molecule has 0 spiro atoms. The summed E-state index contributed by atoms with van der Waals surface area (Å²) < 4.78 is 11.1. The number of fused-ring (bicyclic) bond motifs is 5. The minimum Gasteiger partial charge on any atom is -0.461 e. The maximum atomic E-state index is 12.5. The first-order chi connectivity index (χ1) is 16.5. The monoisotopic (exact) mass is 485 g/mol. The fraction of sp³-hybridized carbons (Fsp3) is 0.793. The quantitative estimate of drug-likeness (QED) is 0.595. The number of aliphatic hydroxyl groups is 1. The molecule has 4 fully saturated rings. The molecule has 3 N–H and O–H groups in total. The maximum absolute atomic E-state index is 12.5. The van der Waals surface area contributed by atoms with E-state index in [2.05, 4.69) is 13.8 Å². The van der Waals surface area contributed by atoms with Crippen LogP contribution < -0.4 is 11.4 Å². The fourth-order valence-electron chi connectivity index (χ4n) is 8.91. The van der Waals surface area contributed by atoms with Gasteiger partial charge in [0.1, 0.15) is 12.1 Å². The van der Waals surface area contributed by atoms with E-state index in [4.69, 9.17) is 14.9 Å². The summed E-state index contributed by atoms with van der Waals surface area (Å²) in [5.74, 6) is 1.31. The summed E-state index contributed by atoms with van der Waals surface area (Å²) in [6, 6.07) is 2.84. The molecule has 0 aliphatic heterocycles. The van der Waals surface area contributed by atoms with Crippen molar-refractivity contribution in [2.45, 2.75) is 109 Å². The normalized spacial score (nSPS) is 43.7. The van der Waals surface area contributed by atoms with Crippen LogP contribution in [0.2, 0.25) is 0 Å². The number of ether oxygens (including phenoxy) is 1. The summed E-state index contributed by atoms with van der Waals surface area (Å²) in [4.78, 5) is 24.0. The minimum absolute atomic E-state index is 0.0394. The van der Waals surface area contributed by atoms with Crippen molar-refractivity contribution in [3.05, 3.63) is 34.4 Å². The zero-order valence-electron chi connectivity index (χ0n) is 21.8. The molecule has 1 aromatic rings. The Kier molecular flexibility index (Phi) is 6.23. The average molecular weight is 486 g/mol. The molecule has 4 aliphatic carbocycles. The van der Waals surface area contributed by atoms with Crippen LogP contribution in [-0.2, 0) is 9.53 Å². The van der Waals surface area contributed by atoms with Gasteiger partial charge in [0.2, 0.25) is 0 Å². The van der Waals surface area contributed by atoms with Crippen molar-refractivity contribution in [2.24, 2.45) is 40.2 Å². The van der Waals surface area contributed by atoms with Gasteiger partial charge in [-0.3, -0.25) is 4.79 Å². The summed E-state index contributed by atoms with van der Waals surface area (Å²) in [6.07, 6.45) is 10.3. The summed E-state index contributed by atoms with van der Waals surface area (Å²) >= 11 is 0. The number of rotatable bonds is 4. The standard InChI is InChI=1S/C29H43NO5/c1-17(2)25(30)26(32)35-20-9-12-27(3)19(15-20)6-7-23-22(27)10-13-28(4)21(11-14-29(23,28)33)18-5-8-24(31)34-16-18/h5,8,16-17,19-23,25,33H,6-7,9-15,30H2,1-4H3/t19-,20+,21-,22+,23-,25?,27+,28-,29+/m1/s1. The first kappa shape index (κ1) is 25.0. The lowest BCUT2D eigenvalue weighted by Gasteiger charge is -2.63. The van der Waals surface area contributed by atoms with E-state index >= 15 is 0 Å². The molecule has 0 radical (unpaired) electrons. The molecule has 6 heteroatoms. The predicted molar refractivity (Wildman–Crippen MR) is 134 cm³/mol. The van der Waals surface area contributed by atoms with E-state index in [9.17, 15) is 14.7 Å². The van der Waals surface area contributed by atoms with Gasteiger partial charge in [0, 0.05) is 11.5 Å². The lowest BCUT2D eigenvalue weighted by Crippen LogP contribution is -2.62. The van der Waals surface area contributed by atoms with E-state index in [1.807, 2.05) is 19.9 Å². The topological polar surface area (TPSA) is 103 Å². The Hall–Kier alpha value is -1.66. The van der Waals surface area contributed by atoms with Gasteiger partial charge in [-0.05, 0) is 104 Å². The first-order valence-corrected chi connectivity index (χ1v) is 13.8. The van der Waals surface area contributed by atoms with Crippen LogP contribution in [-0.4, -0.2) is 28.8 Å². The molecule has 194 valence electrons. The molecule has 0 bridgehead atoms. The Morgan fingerprint density at radius 3 is 2.54 bits per heavy atom. The van der Waals surface area contributed by atoms with Crippen LogP contribution in [0.5, 0.6) is 0 Å². The third-order valence-corrected chi connectivity index (χ3v) is 11.2. The number of hydrogen-bond donors (Lipinski definition) is 2. The SMILES string of the molecule is CC(C)C(N)C(=O)O[C@H]1CC[C@@]2(C)[C@H](CC[C@@H]3[C@@H]2CC[C@]2(C)[C@@H](c4ccc(=O)oc4)CC[C@]32O)C1. The summed E-state index contributed by atoms with van der Waals surface area (Å²) in [7, 11) is 0. The Balaban J connectivity index is 1.33. The van der Waals surface area contributed by atoms with Crippen LogP contribution in [0.25, 0.3) is 0 Å². The number of hydrogen-bond acceptors (Lipinski definition) is 6.